The van der Waals surface area contributed by atoms with E-state index in [9.17, 15) is 0 Å². The van der Waals surface area contributed by atoms with Crippen LogP contribution in [0.4, 0.5) is 68.2 Å². The van der Waals surface area contributed by atoms with Crippen molar-refractivity contribution in [3.63, 3.8) is 0 Å². The Hall–Kier alpha value is -12.9. The van der Waals surface area contributed by atoms with Crippen LogP contribution in [-0.4, -0.2) is 9.13 Å². The van der Waals surface area contributed by atoms with Gasteiger partial charge in [0.15, 0.2) is 0 Å². The minimum absolute atomic E-state index is 1.08. The van der Waals surface area contributed by atoms with E-state index in [-0.39, 0.29) is 0 Å². The van der Waals surface area contributed by atoms with Gasteiger partial charge >= 0.3 is 0 Å². The lowest BCUT2D eigenvalue weighted by Crippen LogP contribution is -2.09. The van der Waals surface area contributed by atoms with Crippen LogP contribution in [-0.2, 0) is 0 Å². The second-order valence-corrected chi connectivity index (χ2v) is 25.1. The number of para-hydroxylation sites is 8. The average Bonchev–Trinajstić information content (AvgIpc) is 1.59. The Labute approximate surface area is 571 Å². The van der Waals surface area contributed by atoms with Gasteiger partial charge in [0.1, 0.15) is 0 Å². The number of anilines is 12. The maximum atomic E-state index is 2.43. The Balaban J connectivity index is 0.734. The third-order valence-corrected chi connectivity index (χ3v) is 19.1. The maximum Gasteiger partial charge on any atom is 0.0542 e. The van der Waals surface area contributed by atoms with Gasteiger partial charge in [-0.15, -0.1) is 0 Å². The summed E-state index contributed by atoms with van der Waals surface area (Å²) in [5, 5.41) is 4.66. The highest BCUT2D eigenvalue weighted by Gasteiger charge is 2.24. The maximum absolute atomic E-state index is 2.43. The molecule has 466 valence electrons. The lowest BCUT2D eigenvalue weighted by Gasteiger charge is -2.26. The summed E-state index contributed by atoms with van der Waals surface area (Å²) in [4.78, 5) is 9.40. The van der Waals surface area contributed by atoms with E-state index >= 15 is 0 Å². The van der Waals surface area contributed by atoms with Gasteiger partial charge in [0.2, 0.25) is 0 Å². The molecule has 0 amide bonds. The average molecular weight is 1260 g/mol. The molecule has 0 aliphatic rings. The molecule has 0 fully saturated rings. The Morgan fingerprint density at radius 2 is 0.378 bits per heavy atom. The van der Waals surface area contributed by atoms with E-state index in [2.05, 4.69) is 419 Å². The van der Waals surface area contributed by atoms with Crippen LogP contribution < -0.4 is 19.6 Å². The van der Waals surface area contributed by atoms with Crippen LogP contribution in [0.1, 0.15) is 11.1 Å². The Bertz CT molecular complexity index is 4870. The van der Waals surface area contributed by atoms with E-state index in [1.165, 1.54) is 54.9 Å². The van der Waals surface area contributed by atoms with Crippen molar-refractivity contribution in [1.82, 2.24) is 9.13 Å². The van der Waals surface area contributed by atoms with E-state index in [1.807, 2.05) is 0 Å². The molecule has 0 bridgehead atoms. The van der Waals surface area contributed by atoms with Crippen LogP contribution in [0, 0.1) is 13.8 Å². The van der Waals surface area contributed by atoms with E-state index in [1.54, 1.807) is 0 Å². The molecule has 0 aliphatic carbocycles. The first kappa shape index (κ1) is 58.9. The minimum atomic E-state index is 1.08. The van der Waals surface area contributed by atoms with Crippen molar-refractivity contribution in [3.8, 4) is 33.6 Å². The van der Waals surface area contributed by atoms with E-state index in [0.717, 1.165) is 102 Å². The van der Waals surface area contributed by atoms with E-state index < -0.39 is 0 Å². The van der Waals surface area contributed by atoms with Crippen molar-refractivity contribution in [2.75, 3.05) is 19.6 Å². The molecule has 17 rings (SSSR count). The largest absolute Gasteiger partial charge is 0.310 e. The fourth-order valence-corrected chi connectivity index (χ4v) is 14.5. The number of benzene rings is 15. The molecule has 0 saturated heterocycles. The van der Waals surface area contributed by atoms with Gasteiger partial charge in [-0.25, -0.2) is 0 Å². The summed E-state index contributed by atoms with van der Waals surface area (Å²) in [6, 6.07) is 136. The second kappa shape index (κ2) is 25.4. The lowest BCUT2D eigenvalue weighted by atomic mass is 9.92. The van der Waals surface area contributed by atoms with Gasteiger partial charge in [-0.2, -0.15) is 0 Å². The fourth-order valence-electron chi connectivity index (χ4n) is 14.5. The van der Waals surface area contributed by atoms with Crippen LogP contribution in [0.25, 0.3) is 77.2 Å². The summed E-state index contributed by atoms with van der Waals surface area (Å²) in [6.07, 6.45) is 0. The molecule has 6 nitrogen and oxygen atoms in total. The molecule has 15 aromatic carbocycles. The highest BCUT2D eigenvalue weighted by atomic mass is 15.2. The number of fused-ring (bicyclic) bond motifs is 6. The minimum Gasteiger partial charge on any atom is -0.310 e. The second-order valence-electron chi connectivity index (χ2n) is 25.1. The zero-order valence-corrected chi connectivity index (χ0v) is 54.5. The van der Waals surface area contributed by atoms with Crippen molar-refractivity contribution in [3.05, 3.63) is 387 Å². The topological polar surface area (TPSA) is 22.8 Å². The summed E-state index contributed by atoms with van der Waals surface area (Å²) in [7, 11) is 0. The van der Waals surface area contributed by atoms with Crippen LogP contribution in [0.2, 0.25) is 0 Å². The molecular formula is C92H68N6. The number of hydrogen-bond donors (Lipinski definition) is 0. The van der Waals surface area contributed by atoms with Gasteiger partial charge in [0, 0.05) is 101 Å². The van der Waals surface area contributed by atoms with Crippen molar-refractivity contribution < 1.29 is 0 Å². The predicted molar refractivity (Wildman–Crippen MR) is 414 cm³/mol. The first-order valence-electron chi connectivity index (χ1n) is 33.6. The summed E-state index contributed by atoms with van der Waals surface area (Å²) in [5.74, 6) is 0. The normalized spacial score (nSPS) is 11.4. The van der Waals surface area contributed by atoms with Crippen LogP contribution in [0.15, 0.2) is 376 Å². The monoisotopic (exact) mass is 1260 g/mol. The number of rotatable bonds is 16. The molecular weight excluding hydrogens is 1190 g/mol. The van der Waals surface area contributed by atoms with Gasteiger partial charge < -0.3 is 28.7 Å². The number of aryl methyl sites for hydroxylation is 2. The zero-order chi connectivity index (χ0) is 65.5. The highest BCUT2D eigenvalue weighted by Crippen LogP contribution is 2.46. The van der Waals surface area contributed by atoms with Gasteiger partial charge in [-0.3, -0.25) is 0 Å². The van der Waals surface area contributed by atoms with Crippen LogP contribution in [0.3, 0.4) is 0 Å². The molecule has 0 saturated carbocycles. The van der Waals surface area contributed by atoms with Crippen molar-refractivity contribution in [2.45, 2.75) is 13.8 Å². The van der Waals surface area contributed by atoms with Gasteiger partial charge in [-0.05, 0) is 241 Å². The highest BCUT2D eigenvalue weighted by molar-refractivity contribution is 6.14. The number of nitrogens with zero attached hydrogens (tertiary/aromatic N) is 6. The van der Waals surface area contributed by atoms with Crippen molar-refractivity contribution in [2.24, 2.45) is 0 Å². The van der Waals surface area contributed by atoms with Crippen molar-refractivity contribution in [1.29, 1.82) is 0 Å². The quantitative estimate of drug-likeness (QED) is 0.0962. The smallest absolute Gasteiger partial charge is 0.0542 e. The van der Waals surface area contributed by atoms with E-state index in [4.69, 9.17) is 0 Å². The molecule has 98 heavy (non-hydrogen) atoms. The van der Waals surface area contributed by atoms with Crippen LogP contribution >= 0.6 is 0 Å². The Kier molecular flexibility index (Phi) is 15.3. The molecule has 0 unspecified atom stereocenters. The fraction of sp³-hybridized carbons (Fsp3) is 0.0217. The first-order chi connectivity index (χ1) is 48.5. The van der Waals surface area contributed by atoms with Gasteiger partial charge in [0.25, 0.3) is 0 Å². The summed E-state index contributed by atoms with van der Waals surface area (Å²) >= 11 is 0. The molecule has 0 N–H and O–H groups in total. The number of aromatic nitrogens is 2. The lowest BCUT2D eigenvalue weighted by molar-refractivity contribution is 1.18. The predicted octanol–water partition coefficient (Wildman–Crippen LogP) is 25.7. The third-order valence-electron chi connectivity index (χ3n) is 19.1. The molecule has 6 heteroatoms. The molecule has 2 heterocycles. The first-order valence-corrected chi connectivity index (χ1v) is 33.6. The standard InChI is InChI=1S/C92H68N6/c1-65-59-84(68-45-49-78(50-46-68)98-91-57-53-81(95(73-35-19-7-20-36-73)74-37-21-8-22-38-74)63-87(91)88-64-82(54-58-92(88)98)96(75-39-23-9-24-40-75)76-41-25-10-26-42-76)66(2)60-83(65)67-43-47-77(48-44-67)97-89-55-51-79(93(69-27-11-3-12-28-69)70-29-13-4-14-30-70)61-85(89)86-62-80(52-56-90(86)97)94(71-31-15-5-16-32-71)72-33-17-6-18-34-72/h3-64H,1-2H3. The van der Waals surface area contributed by atoms with E-state index in [0.29, 0.717) is 0 Å². The number of hydrogen-bond acceptors (Lipinski definition) is 4. The summed E-state index contributed by atoms with van der Waals surface area (Å²) < 4.78 is 4.87. The molecule has 2 aromatic heterocycles. The summed E-state index contributed by atoms with van der Waals surface area (Å²) in [5.41, 5.74) is 27.1. The molecule has 0 atom stereocenters. The van der Waals surface area contributed by atoms with Crippen LogP contribution in [0.5, 0.6) is 0 Å². The zero-order valence-electron chi connectivity index (χ0n) is 54.5. The Morgan fingerprint density at radius 3 is 0.571 bits per heavy atom. The Morgan fingerprint density at radius 1 is 0.184 bits per heavy atom. The molecule has 0 spiro atoms. The molecule has 17 aromatic rings. The van der Waals surface area contributed by atoms with Crippen molar-refractivity contribution >= 4 is 112 Å². The SMILES string of the molecule is Cc1cc(-c2ccc(-n3c4ccc(N(c5ccccc5)c5ccccc5)cc4c4cc(N(c5ccccc5)c5ccccc5)ccc43)cc2)c(C)cc1-c1ccc(-n2c3ccc(N(c4ccccc4)c4ccccc4)cc3c3cc(N(c4ccccc4)c4ccccc4)ccc32)cc1. The van der Waals surface area contributed by atoms with Gasteiger partial charge in [0.05, 0.1) is 22.1 Å². The molecule has 0 aliphatic heterocycles. The third kappa shape index (κ3) is 10.9. The summed E-state index contributed by atoms with van der Waals surface area (Å²) in [6.45, 7) is 4.50. The molecule has 0 radical (unpaired) electrons. The van der Waals surface area contributed by atoms with Gasteiger partial charge in [-0.1, -0.05) is 182 Å².